The maximum Gasteiger partial charge on any atom is -0.00425 e. The maximum absolute atomic E-state index is 5.51. The zero-order valence-corrected chi connectivity index (χ0v) is 9.95. The molecule has 1 aliphatic rings. The summed E-state index contributed by atoms with van der Waals surface area (Å²) in [6.07, 6.45) is 7.71. The zero-order valence-electron chi connectivity index (χ0n) is 9.95. The summed E-state index contributed by atoms with van der Waals surface area (Å²) in [5, 5.41) is 2.88. The van der Waals surface area contributed by atoms with E-state index >= 15 is 0 Å². The van der Waals surface area contributed by atoms with Crippen LogP contribution in [0, 0.1) is 0 Å². The molecule has 0 amide bonds. The molecule has 1 aliphatic carbocycles. The van der Waals surface area contributed by atoms with Gasteiger partial charge >= 0.3 is 0 Å². The summed E-state index contributed by atoms with van der Waals surface area (Å²) in [4.78, 5) is 0. The molecule has 0 fully saturated rings. The Bertz CT molecular complexity index is 571. The number of aryl methyl sites for hydroxylation is 2. The fourth-order valence-electron chi connectivity index (χ4n) is 2.72. The van der Waals surface area contributed by atoms with Crippen molar-refractivity contribution >= 4 is 16.8 Å². The lowest BCUT2D eigenvalue weighted by molar-refractivity contribution is 1.01. The molecule has 0 atom stereocenters. The smallest absolute Gasteiger partial charge is 0.00425 e. The molecule has 3 rings (SSSR count). The van der Waals surface area contributed by atoms with Crippen molar-refractivity contribution in [2.75, 3.05) is 6.54 Å². The summed E-state index contributed by atoms with van der Waals surface area (Å²) < 4.78 is 0. The van der Waals surface area contributed by atoms with Crippen molar-refractivity contribution in [2.45, 2.75) is 19.3 Å². The van der Waals surface area contributed by atoms with Gasteiger partial charge in [-0.15, -0.1) is 0 Å². The molecule has 1 heteroatoms. The molecule has 0 radical (unpaired) electrons. The fraction of sp³-hybridized carbons (Fsp3) is 0.250. The van der Waals surface area contributed by atoms with Gasteiger partial charge in [0, 0.05) is 0 Å². The lowest BCUT2D eigenvalue weighted by atomic mass is 9.99. The van der Waals surface area contributed by atoms with E-state index in [2.05, 4.69) is 42.5 Å². The predicted molar refractivity (Wildman–Crippen MR) is 74.1 cm³/mol. The maximum atomic E-state index is 5.51. The van der Waals surface area contributed by atoms with Crippen LogP contribution in [-0.2, 0) is 12.8 Å². The Morgan fingerprint density at radius 2 is 1.88 bits per heavy atom. The Balaban J connectivity index is 2.15. The van der Waals surface area contributed by atoms with Crippen LogP contribution < -0.4 is 5.73 Å². The summed E-state index contributed by atoms with van der Waals surface area (Å²) in [6.45, 7) is 0.720. The van der Waals surface area contributed by atoms with Crippen LogP contribution in [0.2, 0.25) is 0 Å². The van der Waals surface area contributed by atoms with Gasteiger partial charge < -0.3 is 5.73 Å². The topological polar surface area (TPSA) is 26.0 Å². The SMILES string of the molecule is NCCC=Cc1ccc2c3c(cccc13)CC2. The average Bonchev–Trinajstić information content (AvgIpc) is 2.78. The normalized spacial score (nSPS) is 13.9. The second-order valence-electron chi connectivity index (χ2n) is 4.63. The quantitative estimate of drug-likeness (QED) is 0.849. The van der Waals surface area contributed by atoms with Gasteiger partial charge in [0.05, 0.1) is 0 Å². The van der Waals surface area contributed by atoms with Crippen LogP contribution in [0.5, 0.6) is 0 Å². The highest BCUT2D eigenvalue weighted by molar-refractivity contribution is 5.96. The van der Waals surface area contributed by atoms with Crippen molar-refractivity contribution in [3.05, 3.63) is 53.1 Å². The summed E-state index contributed by atoms with van der Waals surface area (Å²) in [6, 6.07) is 11.2. The van der Waals surface area contributed by atoms with Gasteiger partial charge in [-0.05, 0) is 53.3 Å². The van der Waals surface area contributed by atoms with Crippen LogP contribution in [-0.4, -0.2) is 6.54 Å². The van der Waals surface area contributed by atoms with E-state index in [1.807, 2.05) is 0 Å². The molecular weight excluding hydrogens is 206 g/mol. The second-order valence-corrected chi connectivity index (χ2v) is 4.63. The van der Waals surface area contributed by atoms with Crippen LogP contribution in [0.1, 0.15) is 23.1 Å². The third-order valence-electron chi connectivity index (χ3n) is 3.54. The Morgan fingerprint density at radius 3 is 2.71 bits per heavy atom. The first-order chi connectivity index (χ1) is 8.40. The lowest BCUT2D eigenvalue weighted by Crippen LogP contribution is -1.95. The molecule has 2 aromatic carbocycles. The van der Waals surface area contributed by atoms with Crippen LogP contribution in [0.3, 0.4) is 0 Å². The molecule has 0 aliphatic heterocycles. The average molecular weight is 223 g/mol. The minimum Gasteiger partial charge on any atom is -0.330 e. The first-order valence-electron chi connectivity index (χ1n) is 6.30. The molecular formula is C16H17N. The molecule has 0 unspecified atom stereocenters. The van der Waals surface area contributed by atoms with Gasteiger partial charge in [-0.25, -0.2) is 0 Å². The Hall–Kier alpha value is -1.60. The van der Waals surface area contributed by atoms with Crippen molar-refractivity contribution in [1.82, 2.24) is 0 Å². The number of rotatable bonds is 3. The van der Waals surface area contributed by atoms with Gasteiger partial charge in [-0.2, -0.15) is 0 Å². The highest BCUT2D eigenvalue weighted by Gasteiger charge is 2.14. The van der Waals surface area contributed by atoms with Gasteiger partial charge in [-0.3, -0.25) is 0 Å². The minimum atomic E-state index is 0.720. The van der Waals surface area contributed by atoms with E-state index in [1.165, 1.54) is 40.3 Å². The largest absolute Gasteiger partial charge is 0.330 e. The molecule has 0 saturated carbocycles. The molecule has 2 aromatic rings. The standard InChI is InChI=1S/C16H17N/c17-11-2-1-4-12-7-8-14-10-9-13-5-3-6-15(12)16(13)14/h1,3-8H,2,9-11,17H2. The second kappa shape index (κ2) is 4.34. The number of hydrogen-bond donors (Lipinski definition) is 1. The van der Waals surface area contributed by atoms with E-state index in [-0.39, 0.29) is 0 Å². The highest BCUT2D eigenvalue weighted by Crippen LogP contribution is 2.33. The summed E-state index contributed by atoms with van der Waals surface area (Å²) >= 11 is 0. The lowest BCUT2D eigenvalue weighted by Gasteiger charge is -2.05. The molecule has 0 heterocycles. The van der Waals surface area contributed by atoms with E-state index in [0.717, 1.165) is 13.0 Å². The number of benzene rings is 2. The molecule has 86 valence electrons. The van der Waals surface area contributed by atoms with Crippen molar-refractivity contribution in [1.29, 1.82) is 0 Å². The van der Waals surface area contributed by atoms with Crippen LogP contribution in [0.4, 0.5) is 0 Å². The van der Waals surface area contributed by atoms with E-state index in [0.29, 0.717) is 0 Å². The van der Waals surface area contributed by atoms with Gasteiger partial charge in [-0.1, -0.05) is 42.5 Å². The summed E-state index contributed by atoms with van der Waals surface area (Å²) in [5.41, 5.74) is 9.84. The van der Waals surface area contributed by atoms with Crippen LogP contribution in [0.15, 0.2) is 36.4 Å². The van der Waals surface area contributed by atoms with Gasteiger partial charge in [0.25, 0.3) is 0 Å². The molecule has 0 bridgehead atoms. The fourth-order valence-corrected chi connectivity index (χ4v) is 2.72. The van der Waals surface area contributed by atoms with Crippen molar-refractivity contribution < 1.29 is 0 Å². The van der Waals surface area contributed by atoms with Crippen molar-refractivity contribution in [3.8, 4) is 0 Å². The molecule has 0 aromatic heterocycles. The van der Waals surface area contributed by atoms with Crippen molar-refractivity contribution in [2.24, 2.45) is 5.73 Å². The molecule has 1 nitrogen and oxygen atoms in total. The van der Waals surface area contributed by atoms with Gasteiger partial charge in [0.1, 0.15) is 0 Å². The molecule has 0 spiro atoms. The summed E-state index contributed by atoms with van der Waals surface area (Å²) in [5.74, 6) is 0. The Labute approximate surface area is 102 Å². The molecule has 2 N–H and O–H groups in total. The third kappa shape index (κ3) is 1.77. The summed E-state index contributed by atoms with van der Waals surface area (Å²) in [7, 11) is 0. The predicted octanol–water partition coefficient (Wildman–Crippen LogP) is 3.30. The minimum absolute atomic E-state index is 0.720. The zero-order chi connectivity index (χ0) is 11.7. The van der Waals surface area contributed by atoms with Crippen LogP contribution in [0.25, 0.3) is 16.8 Å². The van der Waals surface area contributed by atoms with Crippen molar-refractivity contribution in [3.63, 3.8) is 0 Å². The van der Waals surface area contributed by atoms with Gasteiger partial charge in [0.15, 0.2) is 0 Å². The van der Waals surface area contributed by atoms with E-state index in [1.54, 1.807) is 0 Å². The molecule has 17 heavy (non-hydrogen) atoms. The van der Waals surface area contributed by atoms with E-state index < -0.39 is 0 Å². The first kappa shape index (κ1) is 10.5. The van der Waals surface area contributed by atoms with E-state index in [9.17, 15) is 0 Å². The molecule has 0 saturated heterocycles. The Morgan fingerprint density at radius 1 is 1.06 bits per heavy atom. The van der Waals surface area contributed by atoms with Gasteiger partial charge in [0.2, 0.25) is 0 Å². The monoisotopic (exact) mass is 223 g/mol. The Kier molecular flexibility index (Phi) is 2.69. The number of hydrogen-bond acceptors (Lipinski definition) is 1. The number of nitrogens with two attached hydrogens (primary N) is 1. The third-order valence-corrected chi connectivity index (χ3v) is 3.54. The van der Waals surface area contributed by atoms with E-state index in [4.69, 9.17) is 5.73 Å². The highest BCUT2D eigenvalue weighted by atomic mass is 14.5. The first-order valence-corrected chi connectivity index (χ1v) is 6.30. The van der Waals surface area contributed by atoms with Crippen LogP contribution >= 0.6 is 0 Å².